The Balaban J connectivity index is 1.95. The molecular weight excluding hydrogens is 256 g/mol. The molecule has 0 atom stereocenters. The minimum atomic E-state index is -0.464. The third kappa shape index (κ3) is 2.06. The first-order valence-corrected chi connectivity index (χ1v) is 6.20. The highest BCUT2D eigenvalue weighted by atomic mass is 16.5. The Morgan fingerprint density at radius 3 is 3.00 bits per heavy atom. The van der Waals surface area contributed by atoms with Gasteiger partial charge in [-0.2, -0.15) is 0 Å². The summed E-state index contributed by atoms with van der Waals surface area (Å²) in [5.41, 5.74) is 4.44. The lowest BCUT2D eigenvalue weighted by molar-refractivity contribution is 0.0944. The van der Waals surface area contributed by atoms with Crippen LogP contribution in [-0.2, 0) is 6.54 Å². The van der Waals surface area contributed by atoms with Crippen molar-refractivity contribution in [2.75, 3.05) is 0 Å². The van der Waals surface area contributed by atoms with Gasteiger partial charge < -0.3 is 9.09 Å². The number of nitrogens with zero attached hydrogens (tertiary/aromatic N) is 2. The van der Waals surface area contributed by atoms with Crippen LogP contribution < -0.4 is 11.3 Å². The molecule has 6 heteroatoms. The summed E-state index contributed by atoms with van der Waals surface area (Å²) in [6.45, 7) is 2.55. The number of rotatable bonds is 3. The minimum Gasteiger partial charge on any atom is -0.359 e. The average molecular weight is 270 g/mol. The van der Waals surface area contributed by atoms with Crippen molar-refractivity contribution < 1.29 is 9.32 Å². The van der Waals surface area contributed by atoms with E-state index < -0.39 is 5.91 Å². The van der Waals surface area contributed by atoms with Gasteiger partial charge in [-0.05, 0) is 24.4 Å². The van der Waals surface area contributed by atoms with Gasteiger partial charge in [-0.3, -0.25) is 10.2 Å². The fourth-order valence-electron chi connectivity index (χ4n) is 2.28. The highest BCUT2D eigenvalue weighted by Crippen LogP contribution is 2.20. The number of para-hydroxylation sites is 1. The molecule has 1 aromatic carbocycles. The Bertz CT molecular complexity index is 772. The topological polar surface area (TPSA) is 86.1 Å². The van der Waals surface area contributed by atoms with Crippen LogP contribution in [0.4, 0.5) is 0 Å². The second-order valence-electron chi connectivity index (χ2n) is 4.58. The van der Waals surface area contributed by atoms with E-state index in [-0.39, 0.29) is 5.69 Å². The number of nitrogen functional groups attached to an aromatic ring is 1. The molecule has 6 nitrogen and oxygen atoms in total. The zero-order valence-electron chi connectivity index (χ0n) is 11.0. The quantitative estimate of drug-likeness (QED) is 0.430. The Morgan fingerprint density at radius 1 is 1.40 bits per heavy atom. The molecule has 0 unspecified atom stereocenters. The van der Waals surface area contributed by atoms with Crippen molar-refractivity contribution in [1.29, 1.82) is 0 Å². The van der Waals surface area contributed by atoms with E-state index in [1.54, 1.807) is 6.07 Å². The normalized spacial score (nSPS) is 10.9. The maximum Gasteiger partial charge on any atom is 0.287 e. The van der Waals surface area contributed by atoms with E-state index in [9.17, 15) is 4.79 Å². The number of carbonyl (C=O) groups is 1. The van der Waals surface area contributed by atoms with E-state index in [1.165, 1.54) is 5.39 Å². The minimum absolute atomic E-state index is 0.177. The van der Waals surface area contributed by atoms with Crippen LogP contribution in [0, 0.1) is 6.92 Å². The standard InChI is InChI=1S/C14H14N4O2/c1-9-6-10-4-2-3-5-13(10)18(9)8-11-7-12(17-20-11)14(19)16-15/h2-7H,8,15H2,1H3,(H,16,19). The van der Waals surface area contributed by atoms with Crippen LogP contribution >= 0.6 is 0 Å². The Hall–Kier alpha value is -2.60. The number of hydrazine groups is 1. The van der Waals surface area contributed by atoms with Gasteiger partial charge in [-0.25, -0.2) is 5.84 Å². The number of benzene rings is 1. The molecule has 2 aromatic heterocycles. The van der Waals surface area contributed by atoms with Gasteiger partial charge in [-0.1, -0.05) is 23.4 Å². The first-order chi connectivity index (χ1) is 9.69. The molecule has 102 valence electrons. The number of carbonyl (C=O) groups excluding carboxylic acids is 1. The first-order valence-electron chi connectivity index (χ1n) is 6.20. The smallest absolute Gasteiger partial charge is 0.287 e. The lowest BCUT2D eigenvalue weighted by Gasteiger charge is -2.04. The monoisotopic (exact) mass is 270 g/mol. The second-order valence-corrected chi connectivity index (χ2v) is 4.58. The number of nitrogens with one attached hydrogen (secondary N) is 1. The molecule has 0 aliphatic heterocycles. The molecule has 20 heavy (non-hydrogen) atoms. The van der Waals surface area contributed by atoms with Crippen LogP contribution in [0.1, 0.15) is 21.9 Å². The zero-order chi connectivity index (χ0) is 14.1. The summed E-state index contributed by atoms with van der Waals surface area (Å²) in [5.74, 6) is 5.20. The van der Waals surface area contributed by atoms with E-state index >= 15 is 0 Å². The summed E-state index contributed by atoms with van der Waals surface area (Å²) in [5, 5.41) is 4.87. The highest BCUT2D eigenvalue weighted by molar-refractivity contribution is 5.91. The van der Waals surface area contributed by atoms with E-state index in [2.05, 4.69) is 21.9 Å². The molecular formula is C14H14N4O2. The molecule has 0 spiro atoms. The van der Waals surface area contributed by atoms with Crippen LogP contribution in [0.5, 0.6) is 0 Å². The van der Waals surface area contributed by atoms with Crippen molar-refractivity contribution in [3.63, 3.8) is 0 Å². The second kappa shape index (κ2) is 4.82. The molecule has 3 rings (SSSR count). The molecule has 1 amide bonds. The van der Waals surface area contributed by atoms with Gasteiger partial charge in [0.05, 0.1) is 6.54 Å². The fourth-order valence-corrected chi connectivity index (χ4v) is 2.28. The summed E-state index contributed by atoms with van der Waals surface area (Å²) in [4.78, 5) is 11.3. The molecule has 0 bridgehead atoms. The summed E-state index contributed by atoms with van der Waals surface area (Å²) >= 11 is 0. The van der Waals surface area contributed by atoms with Crippen LogP contribution in [0.3, 0.4) is 0 Å². The van der Waals surface area contributed by atoms with Crippen molar-refractivity contribution in [3.8, 4) is 0 Å². The molecule has 0 fully saturated rings. The largest absolute Gasteiger partial charge is 0.359 e. The molecule has 0 saturated carbocycles. The molecule has 0 aliphatic carbocycles. The SMILES string of the molecule is Cc1cc2ccccc2n1Cc1cc(C(=O)NN)no1. The number of fused-ring (bicyclic) bond motifs is 1. The van der Waals surface area contributed by atoms with Gasteiger partial charge in [0, 0.05) is 17.3 Å². The third-order valence-electron chi connectivity index (χ3n) is 3.25. The number of hydrogen-bond donors (Lipinski definition) is 2. The summed E-state index contributed by atoms with van der Waals surface area (Å²) in [6, 6.07) is 11.8. The van der Waals surface area contributed by atoms with Gasteiger partial charge in [0.25, 0.3) is 5.91 Å². The molecule has 3 N–H and O–H groups in total. The Kier molecular flexibility index (Phi) is 3.00. The van der Waals surface area contributed by atoms with Gasteiger partial charge in [-0.15, -0.1) is 0 Å². The number of aryl methyl sites for hydroxylation is 1. The van der Waals surface area contributed by atoms with Crippen LogP contribution in [-0.4, -0.2) is 15.6 Å². The Labute approximate surface area is 115 Å². The lowest BCUT2D eigenvalue weighted by atomic mass is 10.2. The molecule has 3 aromatic rings. The first kappa shape index (κ1) is 12.4. The van der Waals surface area contributed by atoms with Gasteiger partial charge in [0.15, 0.2) is 11.5 Å². The van der Waals surface area contributed by atoms with Crippen LogP contribution in [0.15, 0.2) is 40.9 Å². The number of aromatic nitrogens is 2. The number of hydrogen-bond acceptors (Lipinski definition) is 4. The molecule has 0 saturated heterocycles. The summed E-state index contributed by atoms with van der Waals surface area (Å²) < 4.78 is 7.29. The van der Waals surface area contributed by atoms with E-state index in [0.717, 1.165) is 11.2 Å². The Morgan fingerprint density at radius 2 is 2.20 bits per heavy atom. The number of amides is 1. The van der Waals surface area contributed by atoms with Gasteiger partial charge in [0.2, 0.25) is 0 Å². The molecule has 2 heterocycles. The lowest BCUT2D eigenvalue weighted by Crippen LogP contribution is -2.30. The van der Waals surface area contributed by atoms with Crippen molar-refractivity contribution >= 4 is 16.8 Å². The number of nitrogens with two attached hydrogens (primary N) is 1. The van der Waals surface area contributed by atoms with Crippen LogP contribution in [0.25, 0.3) is 10.9 Å². The van der Waals surface area contributed by atoms with Crippen molar-refractivity contribution in [2.45, 2.75) is 13.5 Å². The van der Waals surface area contributed by atoms with Gasteiger partial charge >= 0.3 is 0 Å². The van der Waals surface area contributed by atoms with Crippen LogP contribution in [0.2, 0.25) is 0 Å². The molecule has 0 radical (unpaired) electrons. The fraction of sp³-hybridized carbons (Fsp3) is 0.143. The highest BCUT2D eigenvalue weighted by Gasteiger charge is 2.13. The maximum atomic E-state index is 11.3. The maximum absolute atomic E-state index is 11.3. The van der Waals surface area contributed by atoms with Crippen molar-refractivity contribution in [1.82, 2.24) is 15.1 Å². The average Bonchev–Trinajstić information content (AvgIpc) is 3.04. The summed E-state index contributed by atoms with van der Waals surface area (Å²) in [7, 11) is 0. The van der Waals surface area contributed by atoms with E-state index in [4.69, 9.17) is 10.4 Å². The zero-order valence-corrected chi connectivity index (χ0v) is 11.0. The summed E-state index contributed by atoms with van der Waals surface area (Å²) in [6.07, 6.45) is 0. The van der Waals surface area contributed by atoms with Gasteiger partial charge in [0.1, 0.15) is 0 Å². The third-order valence-corrected chi connectivity index (χ3v) is 3.25. The van der Waals surface area contributed by atoms with E-state index in [1.807, 2.05) is 30.5 Å². The van der Waals surface area contributed by atoms with Crippen molar-refractivity contribution in [2.24, 2.45) is 5.84 Å². The predicted molar refractivity (Wildman–Crippen MR) is 73.9 cm³/mol. The predicted octanol–water partition coefficient (Wildman–Crippen LogP) is 1.59. The van der Waals surface area contributed by atoms with Crippen molar-refractivity contribution in [3.05, 3.63) is 53.5 Å². The van der Waals surface area contributed by atoms with E-state index in [0.29, 0.717) is 12.3 Å². The molecule has 0 aliphatic rings.